The molecule has 1 aliphatic rings. The number of nitrogens with zero attached hydrogens (tertiary/aromatic N) is 3. The normalized spacial score (nSPS) is 14.4. The molecule has 2 aromatic heterocycles. The minimum absolute atomic E-state index is 0.678. The van der Waals surface area contributed by atoms with Crippen molar-refractivity contribution in [2.45, 2.75) is 6.42 Å². The van der Waals surface area contributed by atoms with Gasteiger partial charge in [-0.1, -0.05) is 0 Å². The fourth-order valence-electron chi connectivity index (χ4n) is 2.37. The Kier molecular flexibility index (Phi) is 2.42. The van der Waals surface area contributed by atoms with Crippen LogP contribution >= 0.6 is 0 Å². The zero-order valence-electron chi connectivity index (χ0n) is 11.1. The molecule has 0 saturated carbocycles. The van der Waals surface area contributed by atoms with Gasteiger partial charge < -0.3 is 19.0 Å². The second kappa shape index (κ2) is 4.26. The minimum atomic E-state index is 0.678. The highest BCUT2D eigenvalue weighted by Crippen LogP contribution is 2.34. The topological polar surface area (TPSA) is 65.0 Å². The standard InChI is InChI=1S/C14H14N4O2/c1-18-8-15-7-11(18)14-16-9-5-12-13(6-10(9)17-14)20-4-2-3-19-12/h5-8H,2-4H2,1H3,(H,16,17). The predicted octanol–water partition coefficient (Wildman–Crippen LogP) is 2.12. The molecule has 1 aliphatic heterocycles. The monoisotopic (exact) mass is 270 g/mol. The van der Waals surface area contributed by atoms with E-state index in [-0.39, 0.29) is 0 Å². The van der Waals surface area contributed by atoms with E-state index in [4.69, 9.17) is 9.47 Å². The molecule has 0 spiro atoms. The number of H-pyrrole nitrogens is 1. The summed E-state index contributed by atoms with van der Waals surface area (Å²) in [7, 11) is 1.94. The summed E-state index contributed by atoms with van der Waals surface area (Å²) >= 11 is 0. The van der Waals surface area contributed by atoms with Crippen molar-refractivity contribution in [3.63, 3.8) is 0 Å². The van der Waals surface area contributed by atoms with Crippen LogP contribution in [0.3, 0.4) is 0 Å². The van der Waals surface area contributed by atoms with Gasteiger partial charge in [0.25, 0.3) is 0 Å². The van der Waals surface area contributed by atoms with Crippen molar-refractivity contribution in [2.24, 2.45) is 7.05 Å². The number of benzene rings is 1. The molecule has 0 atom stereocenters. The van der Waals surface area contributed by atoms with Crippen LogP contribution in [0.25, 0.3) is 22.6 Å². The summed E-state index contributed by atoms with van der Waals surface area (Å²) in [5, 5.41) is 0. The number of aryl methyl sites for hydroxylation is 1. The van der Waals surface area contributed by atoms with E-state index in [0.29, 0.717) is 13.2 Å². The van der Waals surface area contributed by atoms with Gasteiger partial charge in [0.15, 0.2) is 17.3 Å². The molecule has 20 heavy (non-hydrogen) atoms. The van der Waals surface area contributed by atoms with Crippen molar-refractivity contribution in [1.29, 1.82) is 0 Å². The van der Waals surface area contributed by atoms with E-state index in [1.807, 2.05) is 23.7 Å². The van der Waals surface area contributed by atoms with Crippen molar-refractivity contribution >= 4 is 11.0 Å². The Morgan fingerprint density at radius 2 is 2.00 bits per heavy atom. The van der Waals surface area contributed by atoms with Gasteiger partial charge in [-0.2, -0.15) is 0 Å². The predicted molar refractivity (Wildman–Crippen MR) is 73.9 cm³/mol. The summed E-state index contributed by atoms with van der Waals surface area (Å²) < 4.78 is 13.3. The largest absolute Gasteiger partial charge is 0.489 e. The Morgan fingerprint density at radius 1 is 1.20 bits per heavy atom. The Morgan fingerprint density at radius 3 is 2.75 bits per heavy atom. The summed E-state index contributed by atoms with van der Waals surface area (Å²) in [5.74, 6) is 2.33. The molecule has 0 amide bonds. The van der Waals surface area contributed by atoms with Gasteiger partial charge in [-0.25, -0.2) is 9.97 Å². The number of imidazole rings is 2. The number of aromatic amines is 1. The average Bonchev–Trinajstić information content (AvgIpc) is 2.96. The van der Waals surface area contributed by atoms with E-state index >= 15 is 0 Å². The summed E-state index contributed by atoms with van der Waals surface area (Å²) in [4.78, 5) is 12.0. The first-order valence-corrected chi connectivity index (χ1v) is 6.57. The van der Waals surface area contributed by atoms with Gasteiger partial charge in [0.2, 0.25) is 0 Å². The first-order chi connectivity index (χ1) is 9.81. The molecular weight excluding hydrogens is 256 g/mol. The van der Waals surface area contributed by atoms with E-state index < -0.39 is 0 Å². The summed E-state index contributed by atoms with van der Waals surface area (Å²) in [6, 6.07) is 3.87. The SMILES string of the molecule is Cn1cncc1-c1nc2cc3c(cc2[nH]1)OCCCO3. The number of hydrogen-bond acceptors (Lipinski definition) is 4. The number of hydrogen-bond donors (Lipinski definition) is 1. The van der Waals surface area contributed by atoms with Gasteiger partial charge in [-0.3, -0.25) is 0 Å². The fraction of sp³-hybridized carbons (Fsp3) is 0.286. The molecule has 0 bridgehead atoms. The first-order valence-electron chi connectivity index (χ1n) is 6.57. The van der Waals surface area contributed by atoms with Crippen LogP contribution in [0.4, 0.5) is 0 Å². The van der Waals surface area contributed by atoms with Gasteiger partial charge in [0.05, 0.1) is 36.8 Å². The second-order valence-electron chi connectivity index (χ2n) is 4.84. The molecule has 0 unspecified atom stereocenters. The number of ether oxygens (including phenoxy) is 2. The van der Waals surface area contributed by atoms with E-state index in [1.165, 1.54) is 0 Å². The molecule has 102 valence electrons. The third-order valence-corrected chi connectivity index (χ3v) is 3.41. The second-order valence-corrected chi connectivity index (χ2v) is 4.84. The van der Waals surface area contributed by atoms with Crippen LogP contribution in [-0.4, -0.2) is 32.7 Å². The highest BCUT2D eigenvalue weighted by Gasteiger charge is 2.15. The fourth-order valence-corrected chi connectivity index (χ4v) is 2.37. The minimum Gasteiger partial charge on any atom is -0.489 e. The molecule has 3 aromatic rings. The average molecular weight is 270 g/mol. The summed E-state index contributed by atoms with van der Waals surface area (Å²) in [5.41, 5.74) is 2.74. The van der Waals surface area contributed by atoms with Crippen molar-refractivity contribution < 1.29 is 9.47 Å². The number of nitrogens with one attached hydrogen (secondary N) is 1. The molecule has 1 N–H and O–H groups in total. The molecule has 0 fully saturated rings. The Hall–Kier alpha value is -2.50. The molecule has 0 radical (unpaired) electrons. The van der Waals surface area contributed by atoms with Crippen LogP contribution in [0.2, 0.25) is 0 Å². The Balaban J connectivity index is 1.86. The lowest BCUT2D eigenvalue weighted by molar-refractivity contribution is 0.297. The van der Waals surface area contributed by atoms with Gasteiger partial charge in [-0.05, 0) is 0 Å². The molecule has 4 rings (SSSR count). The van der Waals surface area contributed by atoms with Gasteiger partial charge in [-0.15, -0.1) is 0 Å². The highest BCUT2D eigenvalue weighted by molar-refractivity contribution is 5.82. The highest BCUT2D eigenvalue weighted by atomic mass is 16.5. The molecule has 0 aliphatic carbocycles. The van der Waals surface area contributed by atoms with Crippen molar-refractivity contribution in [3.05, 3.63) is 24.7 Å². The van der Waals surface area contributed by atoms with Crippen molar-refractivity contribution in [2.75, 3.05) is 13.2 Å². The Bertz CT molecular complexity index is 732. The van der Waals surface area contributed by atoms with Crippen LogP contribution < -0.4 is 9.47 Å². The van der Waals surface area contributed by atoms with E-state index in [1.54, 1.807) is 12.5 Å². The van der Waals surface area contributed by atoms with Crippen LogP contribution in [0.5, 0.6) is 11.5 Å². The maximum Gasteiger partial charge on any atom is 0.163 e. The van der Waals surface area contributed by atoms with Crippen LogP contribution in [0.1, 0.15) is 6.42 Å². The smallest absolute Gasteiger partial charge is 0.163 e. The Labute approximate surface area is 115 Å². The zero-order chi connectivity index (χ0) is 13.5. The molecule has 0 saturated heterocycles. The number of aromatic nitrogens is 4. The van der Waals surface area contributed by atoms with Gasteiger partial charge in [0.1, 0.15) is 5.69 Å². The van der Waals surface area contributed by atoms with Gasteiger partial charge in [0, 0.05) is 25.6 Å². The lowest BCUT2D eigenvalue weighted by atomic mass is 10.3. The van der Waals surface area contributed by atoms with Crippen molar-refractivity contribution in [1.82, 2.24) is 19.5 Å². The van der Waals surface area contributed by atoms with Crippen molar-refractivity contribution in [3.8, 4) is 23.0 Å². The molecule has 3 heterocycles. The maximum absolute atomic E-state index is 5.69. The van der Waals surface area contributed by atoms with Crippen LogP contribution in [0.15, 0.2) is 24.7 Å². The third kappa shape index (κ3) is 1.72. The quantitative estimate of drug-likeness (QED) is 0.735. The van der Waals surface area contributed by atoms with E-state index in [2.05, 4.69) is 15.0 Å². The molecule has 6 heteroatoms. The first kappa shape index (κ1) is 11.3. The maximum atomic E-state index is 5.69. The summed E-state index contributed by atoms with van der Waals surface area (Å²) in [6.45, 7) is 1.36. The van der Waals surface area contributed by atoms with E-state index in [0.717, 1.165) is 40.5 Å². The zero-order valence-corrected chi connectivity index (χ0v) is 11.1. The van der Waals surface area contributed by atoms with Crippen LogP contribution in [-0.2, 0) is 7.05 Å². The van der Waals surface area contributed by atoms with Gasteiger partial charge >= 0.3 is 0 Å². The molecular formula is C14H14N4O2. The third-order valence-electron chi connectivity index (χ3n) is 3.41. The summed E-state index contributed by atoms with van der Waals surface area (Å²) in [6.07, 6.45) is 4.44. The molecule has 6 nitrogen and oxygen atoms in total. The number of fused-ring (bicyclic) bond motifs is 2. The lowest BCUT2D eigenvalue weighted by Crippen LogP contribution is -1.97. The van der Waals surface area contributed by atoms with E-state index in [9.17, 15) is 0 Å². The molecule has 1 aromatic carbocycles. The lowest BCUT2D eigenvalue weighted by Gasteiger charge is -2.05. The van der Waals surface area contributed by atoms with Crippen LogP contribution in [0, 0.1) is 0 Å². The number of rotatable bonds is 1.